The summed E-state index contributed by atoms with van der Waals surface area (Å²) in [4.78, 5) is 0. The van der Waals surface area contributed by atoms with Crippen LogP contribution in [0.5, 0.6) is 0 Å². The Balaban J connectivity index is 2.12. The molecule has 0 radical (unpaired) electrons. The highest BCUT2D eigenvalue weighted by molar-refractivity contribution is 6.65. The number of benzene rings is 2. The molecule has 0 aliphatic carbocycles. The molecule has 0 unspecified atom stereocenters. The van der Waals surface area contributed by atoms with Gasteiger partial charge < -0.3 is 9.31 Å². The van der Waals surface area contributed by atoms with E-state index in [2.05, 4.69) is 71.9 Å². The molecule has 2 nitrogen and oxygen atoms in total. The molecule has 21 heavy (non-hydrogen) atoms. The van der Waals surface area contributed by atoms with E-state index < -0.39 is 0 Å². The molecule has 1 heterocycles. The molecule has 0 aromatic heterocycles. The van der Waals surface area contributed by atoms with Crippen molar-refractivity contribution in [2.45, 2.75) is 52.7 Å². The predicted molar refractivity (Wildman–Crippen MR) is 89.1 cm³/mol. The third-order valence-electron chi connectivity index (χ3n) is 5.04. The Hall–Kier alpha value is -1.32. The van der Waals surface area contributed by atoms with Gasteiger partial charge in [-0.15, -0.1) is 0 Å². The highest BCUT2D eigenvalue weighted by atomic mass is 16.7. The summed E-state index contributed by atoms with van der Waals surface area (Å²) < 4.78 is 12.4. The summed E-state index contributed by atoms with van der Waals surface area (Å²) in [5, 5.41) is 2.46. The molecule has 1 aliphatic rings. The van der Waals surface area contributed by atoms with E-state index in [1.807, 2.05) is 0 Å². The van der Waals surface area contributed by atoms with Crippen LogP contribution in [-0.2, 0) is 9.31 Å². The van der Waals surface area contributed by atoms with Gasteiger partial charge in [-0.25, -0.2) is 0 Å². The van der Waals surface area contributed by atoms with E-state index in [0.717, 1.165) is 5.46 Å². The molecular formula is C18H23BO2. The van der Waals surface area contributed by atoms with Crippen molar-refractivity contribution in [1.82, 2.24) is 0 Å². The molecule has 0 spiro atoms. The Morgan fingerprint density at radius 2 is 1.43 bits per heavy atom. The second kappa shape index (κ2) is 4.59. The van der Waals surface area contributed by atoms with Crippen LogP contribution in [0.4, 0.5) is 0 Å². The summed E-state index contributed by atoms with van der Waals surface area (Å²) in [6, 6.07) is 10.8. The third kappa shape index (κ3) is 2.29. The van der Waals surface area contributed by atoms with Crippen LogP contribution in [0.3, 0.4) is 0 Å². The van der Waals surface area contributed by atoms with E-state index in [0.29, 0.717) is 0 Å². The number of aryl methyl sites for hydroxylation is 2. The molecular weight excluding hydrogens is 259 g/mol. The minimum atomic E-state index is -0.306. The van der Waals surface area contributed by atoms with Gasteiger partial charge in [-0.05, 0) is 68.9 Å². The van der Waals surface area contributed by atoms with Crippen molar-refractivity contribution in [1.29, 1.82) is 0 Å². The third-order valence-corrected chi connectivity index (χ3v) is 5.04. The van der Waals surface area contributed by atoms with Crippen molar-refractivity contribution >= 4 is 23.4 Å². The lowest BCUT2D eigenvalue weighted by atomic mass is 9.75. The fraction of sp³-hybridized carbons (Fsp3) is 0.444. The average Bonchev–Trinajstić information content (AvgIpc) is 2.59. The smallest absolute Gasteiger partial charge is 0.399 e. The van der Waals surface area contributed by atoms with Crippen molar-refractivity contribution in [3.63, 3.8) is 0 Å². The van der Waals surface area contributed by atoms with Gasteiger partial charge in [0.1, 0.15) is 0 Å². The van der Waals surface area contributed by atoms with Gasteiger partial charge in [-0.2, -0.15) is 0 Å². The summed E-state index contributed by atoms with van der Waals surface area (Å²) in [5.74, 6) is 0. The normalized spacial score (nSPS) is 20.2. The lowest BCUT2D eigenvalue weighted by molar-refractivity contribution is 0.00578. The standard InChI is InChI=1S/C18H23BO2/c1-12-10-14-8-7-9-16(15(14)11-13(12)2)19-20-17(3,4)18(5,6)21-19/h7-11H,1-6H3. The first-order chi connectivity index (χ1) is 9.71. The van der Waals surface area contributed by atoms with Crippen molar-refractivity contribution < 1.29 is 9.31 Å². The molecule has 2 aromatic carbocycles. The van der Waals surface area contributed by atoms with Crippen LogP contribution in [-0.4, -0.2) is 18.3 Å². The first kappa shape index (κ1) is 14.6. The van der Waals surface area contributed by atoms with Gasteiger partial charge in [-0.1, -0.05) is 30.3 Å². The minimum Gasteiger partial charge on any atom is -0.399 e. The van der Waals surface area contributed by atoms with E-state index >= 15 is 0 Å². The van der Waals surface area contributed by atoms with Crippen LogP contribution in [0.1, 0.15) is 38.8 Å². The summed E-state index contributed by atoms with van der Waals surface area (Å²) in [6.45, 7) is 12.7. The Bertz CT molecular complexity index is 688. The van der Waals surface area contributed by atoms with E-state index in [-0.39, 0.29) is 18.3 Å². The number of hydrogen-bond donors (Lipinski definition) is 0. The summed E-state index contributed by atoms with van der Waals surface area (Å²) in [5.41, 5.74) is 3.12. The maximum absolute atomic E-state index is 6.21. The zero-order chi connectivity index (χ0) is 15.4. The van der Waals surface area contributed by atoms with E-state index in [1.54, 1.807) is 0 Å². The van der Waals surface area contributed by atoms with Gasteiger partial charge in [0.15, 0.2) is 0 Å². The highest BCUT2D eigenvalue weighted by Gasteiger charge is 2.52. The Morgan fingerprint density at radius 3 is 2.05 bits per heavy atom. The molecule has 1 saturated heterocycles. The molecule has 0 amide bonds. The molecule has 0 saturated carbocycles. The molecule has 0 bridgehead atoms. The van der Waals surface area contributed by atoms with E-state index in [4.69, 9.17) is 9.31 Å². The quantitative estimate of drug-likeness (QED) is 0.741. The van der Waals surface area contributed by atoms with Crippen LogP contribution in [0.15, 0.2) is 30.3 Å². The van der Waals surface area contributed by atoms with E-state index in [9.17, 15) is 0 Å². The second-order valence-electron chi connectivity index (χ2n) is 7.09. The zero-order valence-corrected chi connectivity index (χ0v) is 13.8. The zero-order valence-electron chi connectivity index (χ0n) is 13.8. The first-order valence-corrected chi connectivity index (χ1v) is 7.57. The summed E-state index contributed by atoms with van der Waals surface area (Å²) in [7, 11) is -0.305. The topological polar surface area (TPSA) is 18.5 Å². The molecule has 110 valence electrons. The fourth-order valence-electron chi connectivity index (χ4n) is 2.75. The van der Waals surface area contributed by atoms with Gasteiger partial charge in [0.05, 0.1) is 11.2 Å². The molecule has 0 atom stereocenters. The monoisotopic (exact) mass is 282 g/mol. The van der Waals surface area contributed by atoms with Crippen molar-refractivity contribution in [2.75, 3.05) is 0 Å². The summed E-state index contributed by atoms with van der Waals surface area (Å²) >= 11 is 0. The Labute approximate surface area is 127 Å². The highest BCUT2D eigenvalue weighted by Crippen LogP contribution is 2.37. The number of rotatable bonds is 1. The SMILES string of the molecule is Cc1cc2cccc(B3OC(C)(C)C(C)(C)O3)c2cc1C. The average molecular weight is 282 g/mol. The first-order valence-electron chi connectivity index (χ1n) is 7.57. The van der Waals surface area contributed by atoms with Gasteiger partial charge >= 0.3 is 7.12 Å². The van der Waals surface area contributed by atoms with Crippen LogP contribution in [0.25, 0.3) is 10.8 Å². The molecule has 3 rings (SSSR count). The second-order valence-corrected chi connectivity index (χ2v) is 7.09. The van der Waals surface area contributed by atoms with Crippen molar-refractivity contribution in [3.05, 3.63) is 41.5 Å². The molecule has 3 heteroatoms. The largest absolute Gasteiger partial charge is 0.495 e. The molecule has 1 fully saturated rings. The Kier molecular flexibility index (Phi) is 3.19. The number of fused-ring (bicyclic) bond motifs is 1. The fourth-order valence-corrected chi connectivity index (χ4v) is 2.75. The minimum absolute atomic E-state index is 0.305. The maximum Gasteiger partial charge on any atom is 0.495 e. The molecule has 1 aliphatic heterocycles. The van der Waals surface area contributed by atoms with Crippen LogP contribution in [0, 0.1) is 13.8 Å². The lowest BCUT2D eigenvalue weighted by Crippen LogP contribution is -2.41. The Morgan fingerprint density at radius 1 is 0.857 bits per heavy atom. The van der Waals surface area contributed by atoms with Crippen LogP contribution >= 0.6 is 0 Å². The molecule has 2 aromatic rings. The molecule has 0 N–H and O–H groups in total. The predicted octanol–water partition coefficient (Wildman–Crippen LogP) is 3.76. The van der Waals surface area contributed by atoms with Gasteiger partial charge in [-0.3, -0.25) is 0 Å². The van der Waals surface area contributed by atoms with Crippen LogP contribution < -0.4 is 5.46 Å². The van der Waals surface area contributed by atoms with Gasteiger partial charge in [0.25, 0.3) is 0 Å². The van der Waals surface area contributed by atoms with E-state index in [1.165, 1.54) is 21.9 Å². The van der Waals surface area contributed by atoms with Crippen molar-refractivity contribution in [2.24, 2.45) is 0 Å². The summed E-state index contributed by atoms with van der Waals surface area (Å²) in [6.07, 6.45) is 0. The van der Waals surface area contributed by atoms with Gasteiger partial charge in [0.2, 0.25) is 0 Å². The van der Waals surface area contributed by atoms with Gasteiger partial charge in [0, 0.05) is 0 Å². The lowest BCUT2D eigenvalue weighted by Gasteiger charge is -2.32. The van der Waals surface area contributed by atoms with Crippen LogP contribution in [0.2, 0.25) is 0 Å². The maximum atomic E-state index is 6.21. The number of hydrogen-bond acceptors (Lipinski definition) is 2. The van der Waals surface area contributed by atoms with Crippen molar-refractivity contribution in [3.8, 4) is 0 Å².